The van der Waals surface area contributed by atoms with Crippen LogP contribution in [0.25, 0.3) is 21.8 Å². The van der Waals surface area contributed by atoms with Gasteiger partial charge in [0.05, 0.1) is 21.8 Å². The summed E-state index contributed by atoms with van der Waals surface area (Å²) in [5.74, 6) is -0.895. The highest BCUT2D eigenvalue weighted by Gasteiger charge is 2.23. The van der Waals surface area contributed by atoms with Gasteiger partial charge < -0.3 is 23.5 Å². The first-order valence-corrected chi connectivity index (χ1v) is 11.9. The van der Waals surface area contributed by atoms with Gasteiger partial charge >= 0.3 is 0 Å². The smallest absolute Gasteiger partial charge is 0.235 e. The first kappa shape index (κ1) is 27.3. The molecule has 192 valence electrons. The second kappa shape index (κ2) is 12.1. The molecule has 1 heterocycles. The predicted molar refractivity (Wildman–Crippen MR) is 136 cm³/mol. The van der Waals surface area contributed by atoms with E-state index in [1.807, 2.05) is 0 Å². The van der Waals surface area contributed by atoms with Gasteiger partial charge in [0.1, 0.15) is 0 Å². The number of carbonyl (C=O) groups excluding carboxylic acids is 2. The van der Waals surface area contributed by atoms with Crippen LogP contribution in [0.1, 0.15) is 48.4 Å². The van der Waals surface area contributed by atoms with Crippen molar-refractivity contribution in [2.45, 2.75) is 40.3 Å². The Labute approximate surface area is 208 Å². The van der Waals surface area contributed by atoms with Crippen molar-refractivity contribution in [2.24, 2.45) is 7.05 Å². The molecule has 2 aromatic carbocycles. The lowest BCUT2D eigenvalue weighted by atomic mass is 10.1. The van der Waals surface area contributed by atoms with E-state index in [4.69, 9.17) is 18.9 Å². The van der Waals surface area contributed by atoms with Crippen LogP contribution in [0.5, 0.6) is 0 Å². The molecular formula is C27H31NO8. The normalized spacial score (nSPS) is 11.6. The first-order chi connectivity index (χ1) is 17.3. The van der Waals surface area contributed by atoms with Crippen LogP contribution in [-0.2, 0) is 26.0 Å². The molecule has 36 heavy (non-hydrogen) atoms. The summed E-state index contributed by atoms with van der Waals surface area (Å²) in [5.41, 5.74) is -0.292. The molecule has 0 aliphatic rings. The van der Waals surface area contributed by atoms with E-state index >= 15 is 0 Å². The summed E-state index contributed by atoms with van der Waals surface area (Å²) in [6.07, 6.45) is -2.22. The molecule has 0 saturated heterocycles. The van der Waals surface area contributed by atoms with Gasteiger partial charge in [-0.2, -0.15) is 0 Å². The lowest BCUT2D eigenvalue weighted by molar-refractivity contribution is -0.107. The molecule has 0 spiro atoms. The van der Waals surface area contributed by atoms with E-state index < -0.39 is 35.0 Å². The number of ketones is 2. The van der Waals surface area contributed by atoms with Crippen molar-refractivity contribution in [3.63, 3.8) is 0 Å². The number of aryl methyl sites for hydroxylation is 1. The molecule has 0 aliphatic carbocycles. The fourth-order valence-electron chi connectivity index (χ4n) is 3.98. The highest BCUT2D eigenvalue weighted by Crippen LogP contribution is 2.20. The van der Waals surface area contributed by atoms with Crippen molar-refractivity contribution in [2.75, 3.05) is 26.4 Å². The number of nitrogens with zero attached hydrogens (tertiary/aromatic N) is 1. The van der Waals surface area contributed by atoms with E-state index in [-0.39, 0.29) is 48.3 Å². The van der Waals surface area contributed by atoms with Gasteiger partial charge in [0.25, 0.3) is 0 Å². The molecule has 3 aromatic rings. The Kier molecular flexibility index (Phi) is 9.22. The third kappa shape index (κ3) is 5.44. The maximum atomic E-state index is 13.3. The van der Waals surface area contributed by atoms with Crippen molar-refractivity contribution in [3.05, 3.63) is 68.0 Å². The van der Waals surface area contributed by atoms with E-state index in [9.17, 15) is 19.2 Å². The maximum Gasteiger partial charge on any atom is 0.235 e. The SMILES string of the molecule is CCOC(OCC)C(=O)c1ccc2c(c1)c(=O)c(=O)c1cc(C(=O)C(OCC)OCC)ccc1n2C. The summed E-state index contributed by atoms with van der Waals surface area (Å²) >= 11 is 0. The van der Waals surface area contributed by atoms with Crippen LogP contribution in [0.2, 0.25) is 0 Å². The minimum absolute atomic E-state index is 0.0747. The summed E-state index contributed by atoms with van der Waals surface area (Å²) in [6.45, 7) is 8.06. The van der Waals surface area contributed by atoms with Crippen molar-refractivity contribution in [1.29, 1.82) is 0 Å². The van der Waals surface area contributed by atoms with Crippen LogP contribution in [0.15, 0.2) is 46.0 Å². The highest BCUT2D eigenvalue weighted by molar-refractivity contribution is 6.03. The number of carbonyl (C=O) groups is 2. The van der Waals surface area contributed by atoms with Gasteiger partial charge in [-0.05, 0) is 64.1 Å². The Hall–Kier alpha value is -3.24. The zero-order valence-electron chi connectivity index (χ0n) is 21.2. The predicted octanol–water partition coefficient (Wildman–Crippen LogP) is 3.22. The van der Waals surface area contributed by atoms with Crippen LogP contribution >= 0.6 is 0 Å². The second-order valence-electron chi connectivity index (χ2n) is 7.89. The number of aromatic nitrogens is 1. The quantitative estimate of drug-likeness (QED) is 0.213. The number of ether oxygens (including phenoxy) is 4. The molecule has 0 unspecified atom stereocenters. The molecule has 0 saturated carbocycles. The van der Waals surface area contributed by atoms with E-state index in [0.29, 0.717) is 11.0 Å². The highest BCUT2D eigenvalue weighted by atomic mass is 16.7. The van der Waals surface area contributed by atoms with Crippen molar-refractivity contribution >= 4 is 33.4 Å². The average Bonchev–Trinajstić information content (AvgIpc) is 2.96. The van der Waals surface area contributed by atoms with Crippen LogP contribution in [0.3, 0.4) is 0 Å². The minimum Gasteiger partial charge on any atom is -0.346 e. The minimum atomic E-state index is -1.11. The zero-order chi connectivity index (χ0) is 26.4. The summed E-state index contributed by atoms with van der Waals surface area (Å²) in [5, 5.41) is 0.149. The molecule has 9 nitrogen and oxygen atoms in total. The summed E-state index contributed by atoms with van der Waals surface area (Å²) in [6, 6.07) is 9.12. The van der Waals surface area contributed by atoms with Gasteiger partial charge in [-0.1, -0.05) is 0 Å². The third-order valence-corrected chi connectivity index (χ3v) is 5.68. The summed E-state index contributed by atoms with van der Waals surface area (Å²) < 4.78 is 23.2. The summed E-state index contributed by atoms with van der Waals surface area (Å²) in [7, 11) is 1.71. The van der Waals surface area contributed by atoms with Crippen molar-refractivity contribution < 1.29 is 28.5 Å². The number of benzene rings is 2. The van der Waals surface area contributed by atoms with Gasteiger partial charge in [-0.3, -0.25) is 19.2 Å². The zero-order valence-corrected chi connectivity index (χ0v) is 21.2. The van der Waals surface area contributed by atoms with Crippen molar-refractivity contribution in [1.82, 2.24) is 4.57 Å². The molecule has 0 amide bonds. The topological polar surface area (TPSA) is 110 Å². The van der Waals surface area contributed by atoms with E-state index in [0.717, 1.165) is 0 Å². The molecular weight excluding hydrogens is 466 g/mol. The Bertz CT molecular complexity index is 1280. The molecule has 0 N–H and O–H groups in total. The first-order valence-electron chi connectivity index (χ1n) is 11.9. The van der Waals surface area contributed by atoms with Crippen LogP contribution in [-0.4, -0.2) is 55.1 Å². The molecule has 1 aromatic heterocycles. The monoisotopic (exact) mass is 497 g/mol. The largest absolute Gasteiger partial charge is 0.346 e. The molecule has 9 heteroatoms. The van der Waals surface area contributed by atoms with Gasteiger partial charge in [0.15, 0.2) is 0 Å². The molecule has 3 rings (SSSR count). The standard InChI is InChI=1S/C27H31NO8/c1-6-33-26(34-7-2)22(29)16-10-12-20-18(14-16)24(31)25(32)19-15-17(11-13-21(19)28(20)5)23(30)27(35-8-3)36-9-4/h10-15,26-27H,6-9H2,1-5H3. The Balaban J connectivity index is 2.21. The number of hydrogen-bond donors (Lipinski definition) is 0. The van der Waals surface area contributed by atoms with Gasteiger partial charge in [-0.15, -0.1) is 0 Å². The molecule has 0 aliphatic heterocycles. The lowest BCUT2D eigenvalue weighted by Gasteiger charge is -2.16. The molecule has 0 atom stereocenters. The average molecular weight is 498 g/mol. The van der Waals surface area contributed by atoms with Crippen LogP contribution in [0.4, 0.5) is 0 Å². The third-order valence-electron chi connectivity index (χ3n) is 5.68. The molecule has 0 radical (unpaired) electrons. The Morgan fingerprint density at radius 2 is 1.00 bits per heavy atom. The fourth-order valence-corrected chi connectivity index (χ4v) is 3.98. The Morgan fingerprint density at radius 3 is 1.31 bits per heavy atom. The molecule has 0 fully saturated rings. The van der Waals surface area contributed by atoms with Gasteiger partial charge in [0, 0.05) is 44.6 Å². The Morgan fingerprint density at radius 1 is 0.667 bits per heavy atom. The summed E-state index contributed by atoms with van der Waals surface area (Å²) in [4.78, 5) is 52.5. The fraction of sp³-hybridized carbons (Fsp3) is 0.407. The van der Waals surface area contributed by atoms with Crippen LogP contribution in [0, 0.1) is 0 Å². The number of rotatable bonds is 12. The van der Waals surface area contributed by atoms with E-state index in [1.165, 1.54) is 12.1 Å². The maximum absolute atomic E-state index is 13.3. The van der Waals surface area contributed by atoms with E-state index in [2.05, 4.69) is 0 Å². The lowest BCUT2D eigenvalue weighted by Crippen LogP contribution is -2.28. The van der Waals surface area contributed by atoms with Gasteiger partial charge in [0.2, 0.25) is 35.0 Å². The van der Waals surface area contributed by atoms with Crippen molar-refractivity contribution in [3.8, 4) is 0 Å². The second-order valence-corrected chi connectivity index (χ2v) is 7.89. The number of Topliss-reactive ketones (excluding diaryl/α,β-unsaturated/α-hetero) is 2. The number of fused-ring (bicyclic) bond motifs is 2. The number of hydrogen-bond acceptors (Lipinski definition) is 8. The van der Waals surface area contributed by atoms with E-state index in [1.54, 1.807) is 63.6 Å². The van der Waals surface area contributed by atoms with Gasteiger partial charge in [-0.25, -0.2) is 0 Å². The van der Waals surface area contributed by atoms with Crippen LogP contribution < -0.4 is 10.9 Å². The molecule has 0 bridgehead atoms.